The van der Waals surface area contributed by atoms with E-state index in [9.17, 15) is 9.59 Å². The molecule has 3 rings (SSSR count). The highest BCUT2D eigenvalue weighted by molar-refractivity contribution is 5.75. The van der Waals surface area contributed by atoms with Crippen molar-refractivity contribution >= 4 is 12.2 Å². The fourth-order valence-corrected chi connectivity index (χ4v) is 3.61. The van der Waals surface area contributed by atoms with Crippen LogP contribution in [0.1, 0.15) is 40.5 Å². The van der Waals surface area contributed by atoms with Crippen LogP contribution in [-0.4, -0.2) is 48.7 Å². The van der Waals surface area contributed by atoms with Gasteiger partial charge in [0.1, 0.15) is 17.6 Å². The minimum Gasteiger partial charge on any atom is -0.497 e. The van der Waals surface area contributed by atoms with Crippen molar-refractivity contribution in [3.63, 3.8) is 0 Å². The minimum absolute atomic E-state index is 0.229. The maximum absolute atomic E-state index is 12.8. The summed E-state index contributed by atoms with van der Waals surface area (Å²) >= 11 is 0. The van der Waals surface area contributed by atoms with Crippen LogP contribution in [0.25, 0.3) is 0 Å². The molecule has 0 heterocycles. The topological polar surface area (TPSA) is 86.3 Å². The van der Waals surface area contributed by atoms with Crippen molar-refractivity contribution in [2.24, 2.45) is 5.41 Å². The van der Waals surface area contributed by atoms with Gasteiger partial charge in [-0.2, -0.15) is 0 Å². The van der Waals surface area contributed by atoms with E-state index >= 15 is 0 Å². The highest BCUT2D eigenvalue weighted by Crippen LogP contribution is 2.57. The van der Waals surface area contributed by atoms with Crippen molar-refractivity contribution in [1.29, 1.82) is 0 Å². The predicted molar refractivity (Wildman–Crippen MR) is 110 cm³/mol. The summed E-state index contributed by atoms with van der Waals surface area (Å²) in [4.78, 5) is 25.0. The molecule has 1 spiro atoms. The number of hydrazine groups is 1. The maximum atomic E-state index is 12.8. The molecular formula is C22H30N2O6. The van der Waals surface area contributed by atoms with Crippen LogP contribution < -0.4 is 14.9 Å². The zero-order chi connectivity index (χ0) is 21.9. The quantitative estimate of drug-likeness (QED) is 0.554. The van der Waals surface area contributed by atoms with Gasteiger partial charge in [-0.05, 0) is 70.9 Å². The molecule has 164 valence electrons. The van der Waals surface area contributed by atoms with E-state index in [1.807, 2.05) is 36.4 Å². The van der Waals surface area contributed by atoms with Gasteiger partial charge in [0.2, 0.25) is 0 Å². The first-order valence-corrected chi connectivity index (χ1v) is 10.2. The molecule has 2 atom stereocenters. The van der Waals surface area contributed by atoms with Crippen LogP contribution >= 0.6 is 0 Å². The number of ether oxygens (including phenoxy) is 4. The lowest BCUT2D eigenvalue weighted by Gasteiger charge is -2.34. The average Bonchev–Trinajstić information content (AvgIpc) is 3.39. The smallest absolute Gasteiger partial charge is 0.429 e. The van der Waals surface area contributed by atoms with Gasteiger partial charge < -0.3 is 18.9 Å². The molecule has 1 fully saturated rings. The lowest BCUT2D eigenvalue weighted by atomic mass is 9.96. The number of amides is 2. The summed E-state index contributed by atoms with van der Waals surface area (Å²) in [5.41, 5.74) is 2.25. The molecule has 0 aromatic heterocycles. The summed E-state index contributed by atoms with van der Waals surface area (Å²) in [5, 5.41) is 1.23. The van der Waals surface area contributed by atoms with Crippen LogP contribution in [0, 0.1) is 5.41 Å². The Bertz CT molecular complexity index is 785. The Labute approximate surface area is 177 Å². The van der Waals surface area contributed by atoms with Gasteiger partial charge in [0.05, 0.1) is 25.4 Å². The van der Waals surface area contributed by atoms with Crippen LogP contribution in [0.5, 0.6) is 11.5 Å². The summed E-state index contributed by atoms with van der Waals surface area (Å²) in [7, 11) is 1.61. The summed E-state index contributed by atoms with van der Waals surface area (Å²) in [5.74, 6) is 1.46. The number of nitrogens with zero attached hydrogens (tertiary/aromatic N) is 1. The number of benzene rings is 1. The Hall–Kier alpha value is -2.90. The normalized spacial score (nSPS) is 20.9. The van der Waals surface area contributed by atoms with E-state index in [1.165, 1.54) is 5.01 Å². The molecule has 2 aliphatic carbocycles. The summed E-state index contributed by atoms with van der Waals surface area (Å²) in [6, 6.07) is 6.96. The molecule has 0 unspecified atom stereocenters. The van der Waals surface area contributed by atoms with Gasteiger partial charge in [-0.3, -0.25) is 0 Å². The van der Waals surface area contributed by atoms with Gasteiger partial charge >= 0.3 is 12.2 Å². The molecule has 0 radical (unpaired) electrons. The third-order valence-electron chi connectivity index (χ3n) is 5.14. The van der Waals surface area contributed by atoms with E-state index in [1.54, 1.807) is 34.8 Å². The Morgan fingerprint density at radius 2 is 1.60 bits per heavy atom. The Kier molecular flexibility index (Phi) is 6.43. The molecule has 8 heteroatoms. The summed E-state index contributed by atoms with van der Waals surface area (Å²) < 4.78 is 21.9. The fraction of sp³-hybridized carbons (Fsp3) is 0.545. The van der Waals surface area contributed by atoms with E-state index in [4.69, 9.17) is 18.9 Å². The van der Waals surface area contributed by atoms with Gasteiger partial charge in [0, 0.05) is 5.41 Å². The number of nitrogens with one attached hydrogen (secondary N) is 1. The van der Waals surface area contributed by atoms with Crippen molar-refractivity contribution in [3.05, 3.63) is 36.4 Å². The Morgan fingerprint density at radius 1 is 1.00 bits per heavy atom. The minimum atomic E-state index is -0.700. The average molecular weight is 418 g/mol. The fourth-order valence-electron chi connectivity index (χ4n) is 3.61. The zero-order valence-corrected chi connectivity index (χ0v) is 18.1. The molecule has 1 aromatic carbocycles. The van der Waals surface area contributed by atoms with E-state index in [-0.39, 0.29) is 23.7 Å². The SMILES string of the molecule is COc1ccc(O[C@H]2C=C[C@@H](N(NC(=O)OC(C)C)C(=O)OC(C)C)C23CC3)cc1. The highest BCUT2D eigenvalue weighted by atomic mass is 16.6. The van der Waals surface area contributed by atoms with Gasteiger partial charge in [0.25, 0.3) is 0 Å². The lowest BCUT2D eigenvalue weighted by molar-refractivity contribution is 0.0180. The second-order valence-corrected chi connectivity index (χ2v) is 8.15. The van der Waals surface area contributed by atoms with Gasteiger partial charge in [-0.25, -0.2) is 20.0 Å². The van der Waals surface area contributed by atoms with E-state index in [0.717, 1.165) is 18.6 Å². The largest absolute Gasteiger partial charge is 0.497 e. The van der Waals surface area contributed by atoms with Crippen molar-refractivity contribution < 1.29 is 28.5 Å². The molecule has 1 saturated carbocycles. The molecule has 0 aliphatic heterocycles. The number of methoxy groups -OCH3 is 1. The predicted octanol–water partition coefficient (Wildman–Crippen LogP) is 4.06. The van der Waals surface area contributed by atoms with Crippen molar-refractivity contribution in [2.75, 3.05) is 7.11 Å². The third kappa shape index (κ3) is 4.80. The molecule has 30 heavy (non-hydrogen) atoms. The second kappa shape index (κ2) is 8.85. The number of carbonyl (C=O) groups is 2. The monoisotopic (exact) mass is 418 g/mol. The van der Waals surface area contributed by atoms with Crippen LogP contribution in [0.2, 0.25) is 0 Å². The lowest BCUT2D eigenvalue weighted by Crippen LogP contribution is -2.55. The van der Waals surface area contributed by atoms with Crippen LogP contribution in [0.15, 0.2) is 36.4 Å². The molecule has 2 amide bonds. The van der Waals surface area contributed by atoms with Crippen molar-refractivity contribution in [3.8, 4) is 11.5 Å². The number of rotatable bonds is 6. The molecule has 2 aliphatic rings. The molecule has 0 bridgehead atoms. The maximum Gasteiger partial charge on any atom is 0.429 e. The van der Waals surface area contributed by atoms with Crippen LogP contribution in [0.3, 0.4) is 0 Å². The Balaban J connectivity index is 1.76. The first-order valence-electron chi connectivity index (χ1n) is 10.2. The first kappa shape index (κ1) is 21.8. The van der Waals surface area contributed by atoms with Gasteiger partial charge in [0.15, 0.2) is 0 Å². The van der Waals surface area contributed by atoms with E-state index in [0.29, 0.717) is 5.75 Å². The summed E-state index contributed by atoms with van der Waals surface area (Å²) in [6.07, 6.45) is 3.35. The number of hydrogen-bond acceptors (Lipinski definition) is 6. The van der Waals surface area contributed by atoms with Crippen molar-refractivity contribution in [2.45, 2.75) is 64.9 Å². The molecular weight excluding hydrogens is 388 g/mol. The van der Waals surface area contributed by atoms with Gasteiger partial charge in [-0.1, -0.05) is 6.08 Å². The zero-order valence-electron chi connectivity index (χ0n) is 18.1. The molecule has 1 N–H and O–H groups in total. The van der Waals surface area contributed by atoms with E-state index in [2.05, 4.69) is 5.43 Å². The van der Waals surface area contributed by atoms with Crippen LogP contribution in [-0.2, 0) is 9.47 Å². The molecule has 0 saturated heterocycles. The van der Waals surface area contributed by atoms with E-state index < -0.39 is 18.2 Å². The standard InChI is InChI=1S/C22H30N2O6/c1-14(2)28-20(25)23-24(21(26)29-15(3)4)18-10-11-19(22(18)12-13-22)30-17-8-6-16(27-5)7-9-17/h6-11,14-15,18-19H,12-13H2,1-5H3,(H,23,25)/t18-,19+/m1/s1. The van der Waals surface area contributed by atoms with Crippen molar-refractivity contribution in [1.82, 2.24) is 10.4 Å². The highest BCUT2D eigenvalue weighted by Gasteiger charge is 2.61. The molecule has 1 aromatic rings. The number of hydrogen-bond donors (Lipinski definition) is 1. The molecule has 8 nitrogen and oxygen atoms in total. The third-order valence-corrected chi connectivity index (χ3v) is 5.14. The summed E-state index contributed by atoms with van der Waals surface area (Å²) in [6.45, 7) is 7.00. The number of carbonyl (C=O) groups excluding carboxylic acids is 2. The van der Waals surface area contributed by atoms with Crippen LogP contribution in [0.4, 0.5) is 9.59 Å². The van der Waals surface area contributed by atoms with Gasteiger partial charge in [-0.15, -0.1) is 0 Å². The first-order chi connectivity index (χ1) is 14.2. The Morgan fingerprint density at radius 3 is 2.13 bits per heavy atom. The second-order valence-electron chi connectivity index (χ2n) is 8.15.